The third kappa shape index (κ3) is 6.28. The quantitative estimate of drug-likeness (QED) is 0.610. The highest BCUT2D eigenvalue weighted by atomic mass is 35.5. The van der Waals surface area contributed by atoms with Gasteiger partial charge in [-0.2, -0.15) is 0 Å². The molecule has 31 heavy (non-hydrogen) atoms. The summed E-state index contributed by atoms with van der Waals surface area (Å²) in [6.45, 7) is 0. The topological polar surface area (TPSA) is 78.9 Å². The average Bonchev–Trinajstić information content (AvgIpc) is 2.79. The van der Waals surface area contributed by atoms with Crippen molar-refractivity contribution in [3.63, 3.8) is 0 Å². The summed E-state index contributed by atoms with van der Waals surface area (Å²) in [5.41, 5.74) is 0.775. The van der Waals surface area contributed by atoms with Crippen molar-refractivity contribution in [2.75, 3.05) is 21.3 Å². The number of methoxy groups -OCH3 is 3. The number of hydrogen-bond donors (Lipinski definition) is 1. The smallest absolute Gasteiger partial charge is 0.244 e. The van der Waals surface area contributed by atoms with Gasteiger partial charge < -0.3 is 24.3 Å². The van der Waals surface area contributed by atoms with Gasteiger partial charge in [-0.15, -0.1) is 0 Å². The molecule has 7 nitrogen and oxygen atoms in total. The molecule has 8 heteroatoms. The highest BCUT2D eigenvalue weighted by Gasteiger charge is 2.23. The van der Waals surface area contributed by atoms with Crippen molar-refractivity contribution >= 4 is 23.6 Å². The van der Waals surface area contributed by atoms with Gasteiger partial charge in [0.15, 0.2) is 11.5 Å². The Morgan fingerprint density at radius 3 is 2.29 bits per heavy atom. The molecular formula is C23H27ClN2O5. The molecule has 1 fully saturated rings. The molecule has 0 aliphatic heterocycles. The van der Waals surface area contributed by atoms with E-state index in [1.165, 1.54) is 6.08 Å². The molecule has 0 spiro atoms. The van der Waals surface area contributed by atoms with Gasteiger partial charge in [-0.1, -0.05) is 11.6 Å². The van der Waals surface area contributed by atoms with Crippen LogP contribution in [-0.2, 0) is 4.79 Å². The number of carbonyl (C=O) groups is 1. The first-order valence-electron chi connectivity index (χ1n) is 10.1. The Kier molecular flexibility index (Phi) is 8.00. The Balaban J connectivity index is 1.51. The number of halogens is 1. The number of carbonyl (C=O) groups excluding carboxylic acids is 1. The van der Waals surface area contributed by atoms with Gasteiger partial charge in [0.2, 0.25) is 17.5 Å². The molecule has 1 saturated carbocycles. The van der Waals surface area contributed by atoms with E-state index in [2.05, 4.69) is 10.3 Å². The minimum absolute atomic E-state index is 0.0941. The van der Waals surface area contributed by atoms with Crippen LogP contribution in [0.2, 0.25) is 5.02 Å². The fourth-order valence-electron chi connectivity index (χ4n) is 3.55. The maximum absolute atomic E-state index is 12.4. The minimum Gasteiger partial charge on any atom is -0.493 e. The Hall–Kier alpha value is -2.93. The lowest BCUT2D eigenvalue weighted by Crippen LogP contribution is -2.39. The summed E-state index contributed by atoms with van der Waals surface area (Å²) >= 11 is 5.85. The van der Waals surface area contributed by atoms with Crippen molar-refractivity contribution in [2.24, 2.45) is 0 Å². The van der Waals surface area contributed by atoms with Gasteiger partial charge >= 0.3 is 0 Å². The van der Waals surface area contributed by atoms with E-state index < -0.39 is 0 Å². The Morgan fingerprint density at radius 1 is 1.06 bits per heavy atom. The van der Waals surface area contributed by atoms with E-state index in [-0.39, 0.29) is 18.1 Å². The van der Waals surface area contributed by atoms with E-state index in [4.69, 9.17) is 30.5 Å². The van der Waals surface area contributed by atoms with Crippen LogP contribution in [0.1, 0.15) is 31.2 Å². The van der Waals surface area contributed by atoms with Crippen LogP contribution in [0.15, 0.2) is 36.5 Å². The summed E-state index contributed by atoms with van der Waals surface area (Å²) in [5, 5.41) is 3.64. The fourth-order valence-corrected chi connectivity index (χ4v) is 3.66. The number of benzene rings is 1. The SMILES string of the molecule is COc1cc(/C=C/C(=O)NC2CCC(Oc3ccc(Cl)cn3)CC2)cc(OC)c1OC. The molecule has 0 radical (unpaired) electrons. The number of amides is 1. The number of nitrogens with zero attached hydrogens (tertiary/aromatic N) is 1. The van der Waals surface area contributed by atoms with Crippen LogP contribution in [0, 0.1) is 0 Å². The van der Waals surface area contributed by atoms with Crippen LogP contribution in [-0.4, -0.2) is 44.4 Å². The number of ether oxygens (including phenoxy) is 4. The van der Waals surface area contributed by atoms with Gasteiger partial charge in [0.25, 0.3) is 0 Å². The number of aromatic nitrogens is 1. The molecule has 1 aliphatic rings. The van der Waals surface area contributed by atoms with E-state index in [0.29, 0.717) is 28.2 Å². The van der Waals surface area contributed by atoms with Crippen LogP contribution in [0.3, 0.4) is 0 Å². The summed E-state index contributed by atoms with van der Waals surface area (Å²) in [4.78, 5) is 16.6. The lowest BCUT2D eigenvalue weighted by molar-refractivity contribution is -0.117. The van der Waals surface area contributed by atoms with Crippen molar-refractivity contribution in [3.05, 3.63) is 47.1 Å². The van der Waals surface area contributed by atoms with Gasteiger partial charge in [-0.3, -0.25) is 4.79 Å². The molecule has 0 unspecified atom stereocenters. The summed E-state index contributed by atoms with van der Waals surface area (Å²) in [5.74, 6) is 2.02. The maximum Gasteiger partial charge on any atom is 0.244 e. The highest BCUT2D eigenvalue weighted by Crippen LogP contribution is 2.38. The van der Waals surface area contributed by atoms with Gasteiger partial charge in [-0.05, 0) is 55.5 Å². The van der Waals surface area contributed by atoms with Crippen molar-refractivity contribution in [3.8, 4) is 23.1 Å². The van der Waals surface area contributed by atoms with Gasteiger partial charge in [0, 0.05) is 24.4 Å². The Morgan fingerprint density at radius 2 is 1.74 bits per heavy atom. The van der Waals surface area contributed by atoms with Crippen molar-refractivity contribution in [2.45, 2.75) is 37.8 Å². The molecule has 1 N–H and O–H groups in total. The van der Waals surface area contributed by atoms with Gasteiger partial charge in [0.05, 0.1) is 26.4 Å². The molecule has 1 aromatic heterocycles. The molecule has 0 bridgehead atoms. The first-order chi connectivity index (χ1) is 15.0. The number of rotatable bonds is 8. The minimum atomic E-state index is -0.141. The van der Waals surface area contributed by atoms with Crippen molar-refractivity contribution in [1.29, 1.82) is 0 Å². The third-order valence-corrected chi connectivity index (χ3v) is 5.35. The second kappa shape index (κ2) is 10.9. The lowest BCUT2D eigenvalue weighted by atomic mass is 9.93. The normalized spacial score (nSPS) is 18.5. The molecule has 166 valence electrons. The molecule has 1 aromatic carbocycles. The van der Waals surface area contributed by atoms with Gasteiger partial charge in [-0.25, -0.2) is 4.98 Å². The molecule has 1 heterocycles. The second-order valence-electron chi connectivity index (χ2n) is 7.21. The maximum atomic E-state index is 12.4. The van der Waals surface area contributed by atoms with Crippen LogP contribution in [0.25, 0.3) is 6.08 Å². The van der Waals surface area contributed by atoms with Crippen LogP contribution in [0.5, 0.6) is 23.1 Å². The van der Waals surface area contributed by atoms with Crippen molar-refractivity contribution in [1.82, 2.24) is 10.3 Å². The summed E-state index contributed by atoms with van der Waals surface area (Å²) in [7, 11) is 4.66. The third-order valence-electron chi connectivity index (χ3n) is 5.12. The van der Waals surface area contributed by atoms with Crippen LogP contribution < -0.4 is 24.3 Å². The molecular weight excluding hydrogens is 420 g/mol. The van der Waals surface area contributed by atoms with E-state index in [1.807, 2.05) is 0 Å². The van der Waals surface area contributed by atoms with E-state index in [0.717, 1.165) is 31.2 Å². The van der Waals surface area contributed by atoms with E-state index in [9.17, 15) is 4.79 Å². The zero-order valence-corrected chi connectivity index (χ0v) is 18.6. The lowest BCUT2D eigenvalue weighted by Gasteiger charge is -2.28. The zero-order chi connectivity index (χ0) is 22.2. The first kappa shape index (κ1) is 22.7. The van der Waals surface area contributed by atoms with E-state index >= 15 is 0 Å². The predicted molar refractivity (Wildman–Crippen MR) is 119 cm³/mol. The number of nitrogens with one attached hydrogen (secondary N) is 1. The summed E-state index contributed by atoms with van der Waals surface area (Å²) < 4.78 is 21.9. The Bertz CT molecular complexity index is 884. The molecule has 1 amide bonds. The van der Waals surface area contributed by atoms with E-state index in [1.54, 1.807) is 57.9 Å². The Labute approximate surface area is 187 Å². The summed E-state index contributed by atoms with van der Waals surface area (Å²) in [6.07, 6.45) is 8.31. The second-order valence-corrected chi connectivity index (χ2v) is 7.64. The monoisotopic (exact) mass is 446 g/mol. The molecule has 0 saturated heterocycles. The average molecular weight is 447 g/mol. The number of hydrogen-bond acceptors (Lipinski definition) is 6. The van der Waals surface area contributed by atoms with Crippen molar-refractivity contribution < 1.29 is 23.7 Å². The largest absolute Gasteiger partial charge is 0.493 e. The summed E-state index contributed by atoms with van der Waals surface area (Å²) in [6, 6.07) is 7.23. The first-order valence-corrected chi connectivity index (χ1v) is 10.5. The molecule has 0 atom stereocenters. The van der Waals surface area contributed by atoms with Crippen LogP contribution in [0.4, 0.5) is 0 Å². The number of pyridine rings is 1. The zero-order valence-electron chi connectivity index (χ0n) is 17.9. The molecule has 3 rings (SSSR count). The van der Waals surface area contributed by atoms with Crippen LogP contribution >= 0.6 is 11.6 Å². The standard InChI is InChI=1S/C23H27ClN2O5/c1-28-19-12-15(13-20(29-2)23(19)30-3)4-10-21(27)26-17-6-8-18(9-7-17)31-22-11-5-16(24)14-25-22/h4-5,10-14,17-18H,6-9H2,1-3H3,(H,26,27)/b10-4+. The fraction of sp³-hybridized carbons (Fsp3) is 0.391. The predicted octanol–water partition coefficient (Wildman–Crippen LogP) is 4.28. The molecule has 2 aromatic rings. The van der Waals surface area contributed by atoms with Gasteiger partial charge in [0.1, 0.15) is 6.10 Å². The highest BCUT2D eigenvalue weighted by molar-refractivity contribution is 6.30. The molecule has 1 aliphatic carbocycles.